The van der Waals surface area contributed by atoms with Gasteiger partial charge in [-0.05, 0) is 55.8 Å². The van der Waals surface area contributed by atoms with Gasteiger partial charge in [-0.1, -0.05) is 69.9 Å². The fourth-order valence-electron chi connectivity index (χ4n) is 4.73. The van der Waals surface area contributed by atoms with Crippen LogP contribution in [0, 0.1) is 0 Å². The van der Waals surface area contributed by atoms with Crippen LogP contribution < -0.4 is 19.6 Å². The smallest absolute Gasteiger partial charge is 0.338 e. The van der Waals surface area contributed by atoms with Gasteiger partial charge in [0.15, 0.2) is 4.80 Å². The highest BCUT2D eigenvalue weighted by Gasteiger charge is 2.36. The number of halogens is 3. The molecule has 0 radical (unpaired) electrons. The number of aromatic nitrogens is 1. The zero-order valence-corrected chi connectivity index (χ0v) is 26.3. The SMILES string of the molecule is CCCC1=C(C(=O)OCC)[C@H](c2cc(Br)ccc2OC)n2c(s/c(=C/c3ccc(-c4cccc(Cl)c4Cl)o3)c2=O)=N1. The molecule has 212 valence electrons. The van der Waals surface area contributed by atoms with E-state index in [1.807, 2.05) is 25.1 Å². The molecule has 0 saturated heterocycles. The van der Waals surface area contributed by atoms with Gasteiger partial charge in [0.1, 0.15) is 23.3 Å². The number of fused-ring (bicyclic) bond motifs is 1. The third-order valence-corrected chi connectivity index (χ3v) is 8.79. The molecule has 1 aliphatic rings. The summed E-state index contributed by atoms with van der Waals surface area (Å²) in [6.07, 6.45) is 2.95. The van der Waals surface area contributed by atoms with Crippen molar-refractivity contribution in [3.63, 3.8) is 0 Å². The van der Waals surface area contributed by atoms with Crippen LogP contribution in [0.1, 0.15) is 44.1 Å². The van der Waals surface area contributed by atoms with Gasteiger partial charge < -0.3 is 13.9 Å². The Bertz CT molecular complexity index is 1860. The predicted octanol–water partition coefficient (Wildman–Crippen LogP) is 6.92. The van der Waals surface area contributed by atoms with E-state index in [4.69, 9.17) is 42.1 Å². The summed E-state index contributed by atoms with van der Waals surface area (Å²) in [5.41, 5.74) is 1.86. The fourth-order valence-corrected chi connectivity index (χ4v) is 6.50. The number of benzene rings is 2. The first-order valence-corrected chi connectivity index (χ1v) is 15.2. The number of nitrogens with zero attached hydrogens (tertiary/aromatic N) is 2. The molecule has 2 aromatic carbocycles. The lowest BCUT2D eigenvalue weighted by Crippen LogP contribution is -2.40. The van der Waals surface area contributed by atoms with Crippen molar-refractivity contribution in [2.45, 2.75) is 32.7 Å². The second-order valence-electron chi connectivity index (χ2n) is 9.10. The number of carbonyl (C=O) groups excluding carboxylic acids is 1. The Kier molecular flexibility index (Phi) is 8.89. The van der Waals surface area contributed by atoms with Crippen LogP contribution in [-0.4, -0.2) is 24.3 Å². The van der Waals surface area contributed by atoms with Crippen molar-refractivity contribution in [3.05, 3.63) is 105 Å². The number of hydrogen-bond acceptors (Lipinski definition) is 7. The van der Waals surface area contributed by atoms with Crippen molar-refractivity contribution in [3.8, 4) is 17.1 Å². The third kappa shape index (κ3) is 5.68. The van der Waals surface area contributed by atoms with Gasteiger partial charge in [-0.3, -0.25) is 9.36 Å². The van der Waals surface area contributed by atoms with Gasteiger partial charge in [0.25, 0.3) is 5.56 Å². The molecule has 0 saturated carbocycles. The summed E-state index contributed by atoms with van der Waals surface area (Å²) in [6, 6.07) is 13.5. The lowest BCUT2D eigenvalue weighted by molar-refractivity contribution is -0.139. The molecule has 0 amide bonds. The first-order chi connectivity index (χ1) is 19.8. The molecule has 1 atom stereocenters. The number of esters is 1. The maximum atomic E-state index is 14.0. The third-order valence-electron chi connectivity index (χ3n) is 6.50. The Hall–Kier alpha value is -3.11. The van der Waals surface area contributed by atoms with E-state index < -0.39 is 12.0 Å². The first-order valence-electron chi connectivity index (χ1n) is 12.9. The molecule has 5 rings (SSSR count). The summed E-state index contributed by atoms with van der Waals surface area (Å²) in [4.78, 5) is 32.7. The molecular formula is C30H25BrCl2N2O5S. The van der Waals surface area contributed by atoms with Crippen molar-refractivity contribution >= 4 is 62.5 Å². The molecule has 7 nitrogen and oxygen atoms in total. The van der Waals surface area contributed by atoms with Crippen molar-refractivity contribution in [2.24, 2.45) is 4.99 Å². The summed E-state index contributed by atoms with van der Waals surface area (Å²) >= 11 is 17.3. The normalized spacial score (nSPS) is 15.1. The highest BCUT2D eigenvalue weighted by molar-refractivity contribution is 9.10. The second kappa shape index (κ2) is 12.4. The number of carbonyl (C=O) groups is 1. The summed E-state index contributed by atoms with van der Waals surface area (Å²) in [7, 11) is 1.55. The molecule has 0 spiro atoms. The molecule has 0 unspecified atom stereocenters. The first kappa shape index (κ1) is 29.4. The van der Waals surface area contributed by atoms with Gasteiger partial charge in [0.2, 0.25) is 0 Å². The van der Waals surface area contributed by atoms with Gasteiger partial charge >= 0.3 is 5.97 Å². The molecule has 2 aromatic heterocycles. The largest absolute Gasteiger partial charge is 0.496 e. The maximum absolute atomic E-state index is 14.0. The monoisotopic (exact) mass is 674 g/mol. The molecule has 0 bridgehead atoms. The summed E-state index contributed by atoms with van der Waals surface area (Å²) in [6.45, 7) is 3.94. The quantitative estimate of drug-likeness (QED) is 0.190. The van der Waals surface area contributed by atoms with E-state index in [-0.39, 0.29) is 12.2 Å². The number of hydrogen-bond donors (Lipinski definition) is 0. The minimum absolute atomic E-state index is 0.186. The molecule has 0 fully saturated rings. The average Bonchev–Trinajstić information content (AvgIpc) is 3.54. The summed E-state index contributed by atoms with van der Waals surface area (Å²) in [5.74, 6) is 0.982. The summed E-state index contributed by atoms with van der Waals surface area (Å²) < 4.78 is 19.9. The van der Waals surface area contributed by atoms with Crippen LogP contribution in [0.5, 0.6) is 5.75 Å². The highest BCUT2D eigenvalue weighted by atomic mass is 79.9. The molecule has 3 heterocycles. The predicted molar refractivity (Wildman–Crippen MR) is 164 cm³/mol. The van der Waals surface area contributed by atoms with E-state index in [2.05, 4.69) is 15.9 Å². The zero-order valence-electron chi connectivity index (χ0n) is 22.4. The Morgan fingerprint density at radius 2 is 2.00 bits per heavy atom. The van der Waals surface area contributed by atoms with E-state index in [9.17, 15) is 9.59 Å². The Morgan fingerprint density at radius 1 is 1.20 bits per heavy atom. The van der Waals surface area contributed by atoms with Crippen molar-refractivity contribution in [1.29, 1.82) is 0 Å². The standard InChI is InChI=1S/C30H25BrCl2N2O5S/c1-4-7-21-25(29(37)39-5-2)27(19-14-16(31)10-12-22(19)38-3)35-28(36)24(41-30(35)34-21)15-17-11-13-23(40-17)18-8-6-9-20(32)26(18)33/h6,8-15,27H,4-5,7H2,1-3H3/b24-15+/t27-/m0/s1. The fraction of sp³-hybridized carbons (Fsp3) is 0.233. The van der Waals surface area contributed by atoms with Crippen LogP contribution in [0.2, 0.25) is 10.0 Å². The lowest BCUT2D eigenvalue weighted by atomic mass is 9.93. The van der Waals surface area contributed by atoms with Crippen LogP contribution in [0.15, 0.2) is 78.5 Å². The van der Waals surface area contributed by atoms with Crippen molar-refractivity contribution in [2.75, 3.05) is 13.7 Å². The van der Waals surface area contributed by atoms with Crippen LogP contribution >= 0.6 is 50.5 Å². The van der Waals surface area contributed by atoms with E-state index in [1.54, 1.807) is 50.4 Å². The molecule has 4 aromatic rings. The van der Waals surface area contributed by atoms with E-state index in [1.165, 1.54) is 15.9 Å². The molecule has 1 aliphatic heterocycles. The Morgan fingerprint density at radius 3 is 2.73 bits per heavy atom. The van der Waals surface area contributed by atoms with E-state index >= 15 is 0 Å². The van der Waals surface area contributed by atoms with Crippen LogP contribution in [-0.2, 0) is 9.53 Å². The topological polar surface area (TPSA) is 83.0 Å². The number of rotatable bonds is 8. The lowest BCUT2D eigenvalue weighted by Gasteiger charge is -2.27. The Balaban J connectivity index is 1.72. The van der Waals surface area contributed by atoms with Gasteiger partial charge in [-0.25, -0.2) is 9.79 Å². The Labute approximate surface area is 258 Å². The number of allylic oxidation sites excluding steroid dienone is 1. The van der Waals surface area contributed by atoms with Gasteiger partial charge in [0.05, 0.1) is 39.6 Å². The minimum Gasteiger partial charge on any atom is -0.496 e. The van der Waals surface area contributed by atoms with Gasteiger partial charge in [0, 0.05) is 21.7 Å². The van der Waals surface area contributed by atoms with E-state index in [0.717, 1.165) is 10.9 Å². The van der Waals surface area contributed by atoms with Crippen molar-refractivity contribution < 1.29 is 18.7 Å². The molecular weight excluding hydrogens is 651 g/mol. The summed E-state index contributed by atoms with van der Waals surface area (Å²) in [5, 5.41) is 0.797. The van der Waals surface area contributed by atoms with Gasteiger partial charge in [-0.2, -0.15) is 0 Å². The van der Waals surface area contributed by atoms with Crippen LogP contribution in [0.3, 0.4) is 0 Å². The number of thiazole rings is 1. The minimum atomic E-state index is -0.807. The van der Waals surface area contributed by atoms with Gasteiger partial charge in [-0.15, -0.1) is 0 Å². The highest BCUT2D eigenvalue weighted by Crippen LogP contribution is 2.38. The molecule has 0 N–H and O–H groups in total. The van der Waals surface area contributed by atoms with Crippen LogP contribution in [0.4, 0.5) is 0 Å². The van der Waals surface area contributed by atoms with Crippen LogP contribution in [0.25, 0.3) is 17.4 Å². The number of methoxy groups -OCH3 is 1. The number of ether oxygens (including phenoxy) is 2. The molecule has 0 aliphatic carbocycles. The number of furan rings is 1. The van der Waals surface area contributed by atoms with E-state index in [0.29, 0.717) is 65.5 Å². The molecule has 11 heteroatoms. The van der Waals surface area contributed by atoms with Crippen molar-refractivity contribution in [1.82, 2.24) is 4.57 Å². The zero-order chi connectivity index (χ0) is 29.3. The second-order valence-corrected chi connectivity index (χ2v) is 11.8. The molecule has 41 heavy (non-hydrogen) atoms. The average molecular weight is 676 g/mol. The maximum Gasteiger partial charge on any atom is 0.338 e.